The molecule has 0 aliphatic carbocycles. The third-order valence-electron chi connectivity index (χ3n) is 1.03. The highest BCUT2D eigenvalue weighted by Gasteiger charge is 2.07. The highest BCUT2D eigenvalue weighted by molar-refractivity contribution is 9.09. The maximum absolute atomic E-state index is 5.33. The fourth-order valence-corrected chi connectivity index (χ4v) is 0.889. The van der Waals surface area contributed by atoms with Crippen LogP contribution in [0.25, 0.3) is 0 Å². The maximum Gasteiger partial charge on any atom is 0.158 e. The van der Waals surface area contributed by atoms with E-state index < -0.39 is 0 Å². The van der Waals surface area contributed by atoms with Crippen molar-refractivity contribution in [1.82, 2.24) is 0 Å². The molecule has 0 saturated heterocycles. The van der Waals surface area contributed by atoms with Gasteiger partial charge in [0.15, 0.2) is 6.29 Å². The largest absolute Gasteiger partial charge is 0.353 e. The van der Waals surface area contributed by atoms with Crippen LogP contribution in [0.15, 0.2) is 0 Å². The van der Waals surface area contributed by atoms with Gasteiger partial charge in [-0.1, -0.05) is 22.9 Å². The zero-order valence-corrected chi connectivity index (χ0v) is 8.35. The van der Waals surface area contributed by atoms with E-state index in [1.54, 1.807) is 0 Å². The van der Waals surface area contributed by atoms with Gasteiger partial charge in [0.1, 0.15) is 5.01 Å². The van der Waals surface area contributed by atoms with Crippen molar-refractivity contribution < 1.29 is 9.47 Å². The second-order valence-corrected chi connectivity index (χ2v) is 3.26. The number of hydrogen-bond donors (Lipinski definition) is 0. The van der Waals surface area contributed by atoms with Crippen LogP contribution in [-0.2, 0) is 9.47 Å². The highest BCUT2D eigenvalue weighted by atomic mass is 79.9. The van der Waals surface area contributed by atoms with Crippen LogP contribution in [0.5, 0.6) is 0 Å². The fraction of sp³-hybridized carbons (Fsp3) is 1.00. The molecular formula is C7H15BrO2. The molecule has 0 aromatic heterocycles. The highest BCUT2D eigenvalue weighted by Crippen LogP contribution is 2.08. The number of rotatable bonds is 5. The Labute approximate surface area is 71.0 Å². The van der Waals surface area contributed by atoms with Gasteiger partial charge in [-0.3, -0.25) is 0 Å². The Morgan fingerprint density at radius 1 is 1.40 bits per heavy atom. The number of ether oxygens (including phenoxy) is 2. The standard InChI is InChI=1S/C7H15BrO2/c1-4-7(9-5-2)10-6(3)8/h6-7H,4-5H2,1-3H3. The van der Waals surface area contributed by atoms with Gasteiger partial charge in [-0.05, 0) is 20.3 Å². The summed E-state index contributed by atoms with van der Waals surface area (Å²) in [6.45, 7) is 6.64. The predicted molar refractivity (Wildman–Crippen MR) is 45.2 cm³/mol. The lowest BCUT2D eigenvalue weighted by molar-refractivity contribution is -0.143. The fourth-order valence-electron chi connectivity index (χ4n) is 0.648. The van der Waals surface area contributed by atoms with Gasteiger partial charge < -0.3 is 9.47 Å². The minimum Gasteiger partial charge on any atom is -0.353 e. The molecule has 0 fully saturated rings. The molecule has 0 rings (SSSR count). The van der Waals surface area contributed by atoms with E-state index in [1.807, 2.05) is 20.8 Å². The van der Waals surface area contributed by atoms with Crippen molar-refractivity contribution in [3.05, 3.63) is 0 Å². The summed E-state index contributed by atoms with van der Waals surface area (Å²) in [5, 5.41) is 0.0731. The molecule has 0 saturated carbocycles. The minimum atomic E-state index is -0.0561. The van der Waals surface area contributed by atoms with E-state index in [9.17, 15) is 0 Å². The summed E-state index contributed by atoms with van der Waals surface area (Å²) in [5.41, 5.74) is 0. The molecule has 62 valence electrons. The van der Waals surface area contributed by atoms with Crippen LogP contribution >= 0.6 is 15.9 Å². The molecule has 2 atom stereocenters. The molecule has 10 heavy (non-hydrogen) atoms. The van der Waals surface area contributed by atoms with Gasteiger partial charge in [-0.15, -0.1) is 0 Å². The van der Waals surface area contributed by atoms with Crippen LogP contribution in [0.4, 0.5) is 0 Å². The second-order valence-electron chi connectivity index (χ2n) is 1.97. The van der Waals surface area contributed by atoms with Crippen molar-refractivity contribution in [3.63, 3.8) is 0 Å². The van der Waals surface area contributed by atoms with Gasteiger partial charge >= 0.3 is 0 Å². The molecule has 0 N–H and O–H groups in total. The molecule has 0 heterocycles. The van der Waals surface area contributed by atoms with Crippen LogP contribution in [0.3, 0.4) is 0 Å². The first-order valence-corrected chi connectivity index (χ1v) is 4.53. The van der Waals surface area contributed by atoms with Crippen LogP contribution in [0.1, 0.15) is 27.2 Å². The van der Waals surface area contributed by atoms with Crippen LogP contribution < -0.4 is 0 Å². The first-order chi connectivity index (χ1) is 4.70. The van der Waals surface area contributed by atoms with Crippen LogP contribution in [0, 0.1) is 0 Å². The topological polar surface area (TPSA) is 18.5 Å². The van der Waals surface area contributed by atoms with E-state index in [1.165, 1.54) is 0 Å². The monoisotopic (exact) mass is 210 g/mol. The number of alkyl halides is 1. The van der Waals surface area contributed by atoms with Gasteiger partial charge in [0.05, 0.1) is 0 Å². The Hall–Kier alpha value is 0.400. The van der Waals surface area contributed by atoms with Crippen LogP contribution in [-0.4, -0.2) is 17.9 Å². The summed E-state index contributed by atoms with van der Waals surface area (Å²) in [6.07, 6.45) is 0.837. The third-order valence-corrected chi connectivity index (χ3v) is 1.24. The summed E-state index contributed by atoms with van der Waals surface area (Å²) >= 11 is 3.28. The first-order valence-electron chi connectivity index (χ1n) is 3.61. The SMILES string of the molecule is CCOC(CC)OC(C)Br. The smallest absolute Gasteiger partial charge is 0.158 e. The van der Waals surface area contributed by atoms with Crippen molar-refractivity contribution in [2.75, 3.05) is 6.61 Å². The average Bonchev–Trinajstić information content (AvgIpc) is 1.86. The Kier molecular flexibility index (Phi) is 6.38. The van der Waals surface area contributed by atoms with Gasteiger partial charge in [0, 0.05) is 6.61 Å². The van der Waals surface area contributed by atoms with Gasteiger partial charge in [-0.25, -0.2) is 0 Å². The van der Waals surface area contributed by atoms with E-state index in [2.05, 4.69) is 15.9 Å². The Morgan fingerprint density at radius 2 is 2.00 bits per heavy atom. The molecule has 2 nitrogen and oxygen atoms in total. The lowest BCUT2D eigenvalue weighted by atomic mass is 10.5. The molecule has 2 unspecified atom stereocenters. The van der Waals surface area contributed by atoms with E-state index >= 15 is 0 Å². The van der Waals surface area contributed by atoms with E-state index in [-0.39, 0.29) is 11.3 Å². The normalized spacial score (nSPS) is 16.8. The van der Waals surface area contributed by atoms with E-state index in [0.29, 0.717) is 6.61 Å². The van der Waals surface area contributed by atoms with Gasteiger partial charge in [-0.2, -0.15) is 0 Å². The maximum atomic E-state index is 5.33. The second kappa shape index (κ2) is 6.13. The summed E-state index contributed by atoms with van der Waals surface area (Å²) in [6, 6.07) is 0. The van der Waals surface area contributed by atoms with Crippen molar-refractivity contribution in [2.24, 2.45) is 0 Å². The molecular weight excluding hydrogens is 196 g/mol. The molecule has 0 spiro atoms. The molecule has 3 heteroatoms. The van der Waals surface area contributed by atoms with E-state index in [4.69, 9.17) is 9.47 Å². The molecule has 0 aliphatic heterocycles. The molecule has 0 amide bonds. The Morgan fingerprint density at radius 3 is 2.30 bits per heavy atom. The van der Waals surface area contributed by atoms with Crippen LogP contribution in [0.2, 0.25) is 0 Å². The van der Waals surface area contributed by atoms with Crippen molar-refractivity contribution in [2.45, 2.75) is 38.5 Å². The molecule has 0 aliphatic rings. The van der Waals surface area contributed by atoms with Crippen molar-refractivity contribution in [3.8, 4) is 0 Å². The zero-order valence-electron chi connectivity index (χ0n) is 6.76. The van der Waals surface area contributed by atoms with Gasteiger partial charge in [0.25, 0.3) is 0 Å². The van der Waals surface area contributed by atoms with E-state index in [0.717, 1.165) is 6.42 Å². The molecule has 0 aromatic carbocycles. The third kappa shape index (κ3) is 5.21. The average molecular weight is 211 g/mol. The predicted octanol–water partition coefficient (Wildman–Crippen LogP) is 2.52. The van der Waals surface area contributed by atoms with Crippen molar-refractivity contribution in [1.29, 1.82) is 0 Å². The zero-order chi connectivity index (χ0) is 7.98. The lowest BCUT2D eigenvalue weighted by Crippen LogP contribution is -2.18. The summed E-state index contributed by atoms with van der Waals surface area (Å²) < 4.78 is 10.6. The lowest BCUT2D eigenvalue weighted by Gasteiger charge is -2.17. The summed E-state index contributed by atoms with van der Waals surface area (Å²) in [4.78, 5) is 0. The summed E-state index contributed by atoms with van der Waals surface area (Å²) in [7, 11) is 0. The molecule has 0 radical (unpaired) electrons. The Balaban J connectivity index is 3.39. The minimum absolute atomic E-state index is 0.0561. The quantitative estimate of drug-likeness (QED) is 0.513. The number of halogens is 1. The molecule has 0 bridgehead atoms. The Bertz CT molecular complexity index is 76.0. The van der Waals surface area contributed by atoms with Gasteiger partial charge in [0.2, 0.25) is 0 Å². The first kappa shape index (κ1) is 10.4. The molecule has 0 aromatic rings. The summed E-state index contributed by atoms with van der Waals surface area (Å²) in [5.74, 6) is 0. The van der Waals surface area contributed by atoms with Crippen molar-refractivity contribution >= 4 is 15.9 Å². The number of hydrogen-bond acceptors (Lipinski definition) is 2.